The first-order valence-electron chi connectivity index (χ1n) is 4.47. The lowest BCUT2D eigenvalue weighted by molar-refractivity contribution is -0.680. The zero-order valence-electron chi connectivity index (χ0n) is 8.37. The van der Waals surface area contributed by atoms with E-state index in [0.717, 1.165) is 16.8 Å². The quantitative estimate of drug-likeness (QED) is 0.800. The molecule has 2 rings (SSSR count). The van der Waals surface area contributed by atoms with E-state index in [-0.39, 0.29) is 0 Å². The lowest BCUT2D eigenvalue weighted by atomic mass is 10.1. The Kier molecular flexibility index (Phi) is 2.48. The van der Waals surface area contributed by atoms with E-state index < -0.39 is 5.63 Å². The topological polar surface area (TPSA) is 49.9 Å². The molecule has 78 valence electrons. The van der Waals surface area contributed by atoms with Crippen LogP contribution in [0.1, 0.15) is 11.1 Å². The van der Waals surface area contributed by atoms with E-state index in [1.54, 1.807) is 4.68 Å². The van der Waals surface area contributed by atoms with E-state index in [0.29, 0.717) is 4.60 Å². The van der Waals surface area contributed by atoms with Crippen LogP contribution in [0.15, 0.2) is 32.1 Å². The Balaban J connectivity index is 2.69. The fraction of sp³-hybridized carbons (Fsp3) is 0.200. The fourth-order valence-corrected chi connectivity index (χ4v) is 1.74. The third-order valence-electron chi connectivity index (χ3n) is 2.41. The molecule has 0 unspecified atom stereocenters. The summed E-state index contributed by atoms with van der Waals surface area (Å²) in [7, 11) is 0. The van der Waals surface area contributed by atoms with Crippen molar-refractivity contribution in [3.05, 3.63) is 44.3 Å². The minimum atomic E-state index is -0.420. The Morgan fingerprint density at radius 3 is 2.73 bits per heavy atom. The van der Waals surface area contributed by atoms with Gasteiger partial charge >= 0.3 is 10.2 Å². The van der Waals surface area contributed by atoms with Gasteiger partial charge in [0.1, 0.15) is 0 Å². The molecule has 1 N–H and O–H groups in total. The zero-order valence-corrected chi connectivity index (χ0v) is 9.96. The Labute approximate surface area is 94.6 Å². The van der Waals surface area contributed by atoms with Gasteiger partial charge < -0.3 is 0 Å². The van der Waals surface area contributed by atoms with Gasteiger partial charge in [0.05, 0.1) is 0 Å². The van der Waals surface area contributed by atoms with Gasteiger partial charge in [-0.3, -0.25) is 4.52 Å². The van der Waals surface area contributed by atoms with Gasteiger partial charge in [-0.15, -0.1) is 0 Å². The van der Waals surface area contributed by atoms with Crippen LogP contribution in [-0.4, -0.2) is 5.27 Å². The van der Waals surface area contributed by atoms with Crippen molar-refractivity contribution in [2.24, 2.45) is 0 Å². The molecule has 4 nitrogen and oxygen atoms in total. The number of aryl methyl sites for hydroxylation is 1. The highest BCUT2D eigenvalue weighted by Gasteiger charge is 2.22. The van der Waals surface area contributed by atoms with Crippen molar-refractivity contribution in [3.8, 4) is 5.69 Å². The summed E-state index contributed by atoms with van der Waals surface area (Å²) in [5.41, 5.74) is 2.73. The summed E-state index contributed by atoms with van der Waals surface area (Å²) in [4.78, 5) is 11.1. The second kappa shape index (κ2) is 3.66. The van der Waals surface area contributed by atoms with E-state index in [1.165, 1.54) is 0 Å². The third-order valence-corrected chi connectivity index (χ3v) is 3.09. The van der Waals surface area contributed by atoms with Crippen LogP contribution in [0.2, 0.25) is 0 Å². The summed E-state index contributed by atoms with van der Waals surface area (Å²) >= 11 is 3.17. The molecule has 0 aliphatic heterocycles. The summed E-state index contributed by atoms with van der Waals surface area (Å²) in [5, 5.41) is 2.54. The summed E-state index contributed by atoms with van der Waals surface area (Å²) < 4.78 is 6.61. The number of hydrogen-bond acceptors (Lipinski definition) is 2. The lowest BCUT2D eigenvalue weighted by Crippen LogP contribution is -2.35. The Morgan fingerprint density at radius 2 is 2.13 bits per heavy atom. The van der Waals surface area contributed by atoms with Crippen LogP contribution in [0.4, 0.5) is 0 Å². The van der Waals surface area contributed by atoms with Crippen molar-refractivity contribution in [2.45, 2.75) is 13.8 Å². The second-order valence-electron chi connectivity index (χ2n) is 3.33. The maximum Gasteiger partial charge on any atom is 0.442 e. The van der Waals surface area contributed by atoms with E-state index in [1.807, 2.05) is 32.0 Å². The number of H-pyrrole nitrogens is 1. The lowest BCUT2D eigenvalue weighted by Gasteiger charge is -1.99. The molecule has 0 aliphatic carbocycles. The summed E-state index contributed by atoms with van der Waals surface area (Å²) in [5.74, 6) is 0. The van der Waals surface area contributed by atoms with Gasteiger partial charge in [0, 0.05) is 27.6 Å². The zero-order chi connectivity index (χ0) is 11.0. The number of nitrogens with zero attached hydrogens (tertiary/aromatic N) is 1. The molecule has 1 heterocycles. The van der Waals surface area contributed by atoms with E-state index in [4.69, 9.17) is 0 Å². The predicted octanol–water partition coefficient (Wildman–Crippen LogP) is 1.62. The number of nitrogens with one attached hydrogen (secondary N) is 1. The smallest absolute Gasteiger partial charge is 0.282 e. The monoisotopic (exact) mass is 269 g/mol. The molecule has 0 saturated carbocycles. The molecular formula is C10H10BrN2O2+. The summed E-state index contributed by atoms with van der Waals surface area (Å²) in [6.45, 7) is 4.01. The van der Waals surface area contributed by atoms with E-state index in [2.05, 4.69) is 25.7 Å². The average Bonchev–Trinajstić information content (AvgIpc) is 2.53. The highest BCUT2D eigenvalue weighted by atomic mass is 79.9. The molecule has 0 fully saturated rings. The Hall–Kier alpha value is -1.36. The molecular weight excluding hydrogens is 260 g/mol. The maximum absolute atomic E-state index is 11.1. The molecule has 2 aromatic rings. The standard InChI is InChI=1S/C10H9BrN2O2/c1-6-4-3-5-8(7(6)2)13-9(11)10(14)15-12-13/h3-5H,1-2H3/p+1. The highest BCUT2D eigenvalue weighted by molar-refractivity contribution is 9.10. The molecule has 1 aromatic carbocycles. The van der Waals surface area contributed by atoms with Crippen LogP contribution in [0, 0.1) is 13.8 Å². The number of rotatable bonds is 1. The highest BCUT2D eigenvalue weighted by Crippen LogP contribution is 2.13. The number of halogens is 1. The first-order valence-corrected chi connectivity index (χ1v) is 5.26. The van der Waals surface area contributed by atoms with Crippen LogP contribution >= 0.6 is 15.9 Å². The molecule has 15 heavy (non-hydrogen) atoms. The molecule has 0 spiro atoms. The molecule has 0 aliphatic rings. The summed E-state index contributed by atoms with van der Waals surface area (Å²) in [6.07, 6.45) is 0. The summed E-state index contributed by atoms with van der Waals surface area (Å²) in [6, 6.07) is 5.87. The first-order chi connectivity index (χ1) is 7.11. The van der Waals surface area contributed by atoms with Gasteiger partial charge in [-0.25, -0.2) is 4.79 Å². The van der Waals surface area contributed by atoms with Gasteiger partial charge in [0.2, 0.25) is 5.69 Å². The molecule has 1 aromatic heterocycles. The molecule has 0 saturated heterocycles. The third kappa shape index (κ3) is 1.63. The SMILES string of the molecule is Cc1cccc(-[n+]2[nH]oc(=O)c2Br)c1C. The van der Waals surface area contributed by atoms with Gasteiger partial charge in [-0.2, -0.15) is 0 Å². The predicted molar refractivity (Wildman–Crippen MR) is 58.0 cm³/mol. The molecule has 0 radical (unpaired) electrons. The van der Waals surface area contributed by atoms with Crippen LogP contribution < -0.4 is 10.3 Å². The second-order valence-corrected chi connectivity index (χ2v) is 4.08. The van der Waals surface area contributed by atoms with Crippen molar-refractivity contribution in [3.63, 3.8) is 0 Å². The number of benzene rings is 1. The van der Waals surface area contributed by atoms with Crippen molar-refractivity contribution in [1.82, 2.24) is 5.27 Å². The fourth-order valence-electron chi connectivity index (χ4n) is 1.39. The number of aromatic nitrogens is 2. The first kappa shape index (κ1) is 10.2. The molecule has 5 heteroatoms. The van der Waals surface area contributed by atoms with Crippen molar-refractivity contribution in [2.75, 3.05) is 0 Å². The molecule has 0 bridgehead atoms. The van der Waals surface area contributed by atoms with Crippen molar-refractivity contribution < 1.29 is 9.20 Å². The van der Waals surface area contributed by atoms with Gasteiger partial charge in [-0.05, 0) is 29.4 Å². The van der Waals surface area contributed by atoms with Crippen molar-refractivity contribution >= 4 is 15.9 Å². The molecule has 0 atom stereocenters. The van der Waals surface area contributed by atoms with Gasteiger partial charge in [0.15, 0.2) is 0 Å². The minimum Gasteiger partial charge on any atom is -0.282 e. The Morgan fingerprint density at radius 1 is 1.40 bits per heavy atom. The number of hydrogen-bond donors (Lipinski definition) is 1. The Bertz CT molecular complexity index is 557. The minimum absolute atomic E-state index is 0.358. The van der Waals surface area contributed by atoms with Crippen LogP contribution in [0.25, 0.3) is 5.69 Å². The van der Waals surface area contributed by atoms with Crippen molar-refractivity contribution in [1.29, 1.82) is 0 Å². The van der Waals surface area contributed by atoms with E-state index in [9.17, 15) is 4.79 Å². The number of aromatic amines is 1. The van der Waals surface area contributed by atoms with Crippen LogP contribution in [0.3, 0.4) is 0 Å². The largest absolute Gasteiger partial charge is 0.442 e. The normalized spacial score (nSPS) is 10.6. The molecule has 0 amide bonds. The van der Waals surface area contributed by atoms with Gasteiger partial charge in [-0.1, -0.05) is 12.1 Å². The van der Waals surface area contributed by atoms with E-state index >= 15 is 0 Å². The van der Waals surface area contributed by atoms with Crippen LogP contribution in [-0.2, 0) is 0 Å². The maximum atomic E-state index is 11.1. The van der Waals surface area contributed by atoms with Crippen LogP contribution in [0.5, 0.6) is 0 Å². The van der Waals surface area contributed by atoms with Gasteiger partial charge in [0.25, 0.3) is 0 Å². The average molecular weight is 270 g/mol.